The van der Waals surface area contributed by atoms with Crippen molar-refractivity contribution in [2.24, 2.45) is 0 Å². The quantitative estimate of drug-likeness (QED) is 0.859. The molecule has 0 aromatic heterocycles. The van der Waals surface area contributed by atoms with Crippen molar-refractivity contribution in [1.29, 1.82) is 0 Å². The van der Waals surface area contributed by atoms with Crippen LogP contribution in [-0.4, -0.2) is 6.03 Å². The molecule has 0 bridgehead atoms. The first-order valence-corrected chi connectivity index (χ1v) is 6.94. The van der Waals surface area contributed by atoms with Crippen molar-refractivity contribution in [2.45, 2.75) is 20.8 Å². The van der Waals surface area contributed by atoms with Crippen LogP contribution in [0.1, 0.15) is 22.3 Å². The Balaban J connectivity index is 1.97. The van der Waals surface area contributed by atoms with E-state index in [0.29, 0.717) is 0 Å². The van der Waals surface area contributed by atoms with E-state index >= 15 is 0 Å². The molecular weight excluding hydrogens is 260 g/mol. The monoisotopic (exact) mass is 280 g/mol. The number of carbonyl (C=O) groups excluding carboxylic acids is 1. The average molecular weight is 280 g/mol. The van der Waals surface area contributed by atoms with Gasteiger partial charge in [0.05, 0.1) is 0 Å². The van der Waals surface area contributed by atoms with Gasteiger partial charge in [-0.05, 0) is 55.2 Å². The minimum absolute atomic E-state index is 0.242. The first-order chi connectivity index (χ1) is 10.1. The van der Waals surface area contributed by atoms with Crippen molar-refractivity contribution in [3.8, 4) is 0 Å². The molecule has 0 saturated carbocycles. The Morgan fingerprint density at radius 2 is 1.67 bits per heavy atom. The third kappa shape index (κ3) is 3.96. The van der Waals surface area contributed by atoms with E-state index in [1.165, 1.54) is 5.56 Å². The minimum Gasteiger partial charge on any atom is -0.314 e. The third-order valence-electron chi connectivity index (χ3n) is 3.52. The zero-order valence-corrected chi connectivity index (χ0v) is 12.6. The van der Waals surface area contributed by atoms with Gasteiger partial charge < -0.3 is 10.6 Å². The van der Waals surface area contributed by atoms with Crippen molar-refractivity contribution in [1.82, 2.24) is 5.32 Å². The number of rotatable bonds is 3. The lowest BCUT2D eigenvalue weighted by Gasteiger charge is -2.09. The highest BCUT2D eigenvalue weighted by Crippen LogP contribution is 2.17. The molecule has 3 heteroatoms. The van der Waals surface area contributed by atoms with Crippen LogP contribution in [0.4, 0.5) is 10.5 Å². The lowest BCUT2D eigenvalue weighted by molar-refractivity contribution is 0.255. The van der Waals surface area contributed by atoms with Crippen molar-refractivity contribution in [3.63, 3.8) is 0 Å². The summed E-state index contributed by atoms with van der Waals surface area (Å²) < 4.78 is 0. The second-order valence-corrected chi connectivity index (χ2v) is 5.04. The number of anilines is 1. The van der Waals surface area contributed by atoms with E-state index in [0.717, 1.165) is 22.4 Å². The second-order valence-electron chi connectivity index (χ2n) is 5.04. The van der Waals surface area contributed by atoms with Crippen LogP contribution >= 0.6 is 0 Å². The SMILES string of the molecule is Cc1ccccc1/C=C/NC(=O)Nc1cccc(C)c1C. The first kappa shape index (κ1) is 14.9. The molecule has 0 heterocycles. The molecule has 2 aromatic rings. The highest BCUT2D eigenvalue weighted by atomic mass is 16.2. The van der Waals surface area contributed by atoms with Gasteiger partial charge in [-0.25, -0.2) is 4.79 Å². The number of benzene rings is 2. The lowest BCUT2D eigenvalue weighted by Crippen LogP contribution is -2.24. The van der Waals surface area contributed by atoms with Gasteiger partial charge in [0.1, 0.15) is 0 Å². The predicted molar refractivity (Wildman–Crippen MR) is 88.3 cm³/mol. The summed E-state index contributed by atoms with van der Waals surface area (Å²) in [5.74, 6) is 0. The lowest BCUT2D eigenvalue weighted by atomic mass is 10.1. The highest BCUT2D eigenvalue weighted by Gasteiger charge is 2.03. The normalized spacial score (nSPS) is 10.6. The van der Waals surface area contributed by atoms with E-state index in [1.807, 2.05) is 69.3 Å². The van der Waals surface area contributed by atoms with Gasteiger partial charge in [0.2, 0.25) is 0 Å². The number of hydrogen-bond acceptors (Lipinski definition) is 1. The van der Waals surface area contributed by atoms with Crippen molar-refractivity contribution in [3.05, 3.63) is 70.9 Å². The molecule has 3 nitrogen and oxygen atoms in total. The van der Waals surface area contributed by atoms with Crippen LogP contribution < -0.4 is 10.6 Å². The second kappa shape index (κ2) is 6.75. The Morgan fingerprint density at radius 3 is 2.43 bits per heavy atom. The zero-order chi connectivity index (χ0) is 15.2. The van der Waals surface area contributed by atoms with Crippen LogP contribution in [0.25, 0.3) is 6.08 Å². The molecule has 0 fully saturated rings. The molecule has 2 aromatic carbocycles. The maximum Gasteiger partial charge on any atom is 0.323 e. The molecule has 0 aliphatic carbocycles. The van der Waals surface area contributed by atoms with Gasteiger partial charge in [-0.3, -0.25) is 0 Å². The standard InChI is InChI=1S/C18H20N2O/c1-13-8-6-10-17(15(13)3)20-18(21)19-12-11-16-9-5-4-7-14(16)2/h4-12H,1-3H3,(H2,19,20,21)/b12-11+. The number of aryl methyl sites for hydroxylation is 2. The maximum absolute atomic E-state index is 11.9. The van der Waals surface area contributed by atoms with Gasteiger partial charge in [0, 0.05) is 11.9 Å². The Labute approximate surface area is 125 Å². The van der Waals surface area contributed by atoms with Gasteiger partial charge in [-0.15, -0.1) is 0 Å². The molecule has 0 aliphatic rings. The minimum atomic E-state index is -0.242. The van der Waals surface area contributed by atoms with Crippen LogP contribution in [-0.2, 0) is 0 Å². The smallest absolute Gasteiger partial charge is 0.314 e. The molecule has 108 valence electrons. The van der Waals surface area contributed by atoms with Crippen LogP contribution in [0.2, 0.25) is 0 Å². The summed E-state index contributed by atoms with van der Waals surface area (Å²) in [6, 6.07) is 13.6. The summed E-state index contributed by atoms with van der Waals surface area (Å²) in [6.45, 7) is 6.06. The van der Waals surface area contributed by atoms with Crippen LogP contribution in [0, 0.1) is 20.8 Å². The van der Waals surface area contributed by atoms with Gasteiger partial charge in [-0.2, -0.15) is 0 Å². The molecule has 0 radical (unpaired) electrons. The van der Waals surface area contributed by atoms with Crippen molar-refractivity contribution in [2.75, 3.05) is 5.32 Å². The van der Waals surface area contributed by atoms with E-state index in [2.05, 4.69) is 10.6 Å². The molecule has 0 atom stereocenters. The highest BCUT2D eigenvalue weighted by molar-refractivity contribution is 5.91. The number of amides is 2. The average Bonchev–Trinajstić information content (AvgIpc) is 2.46. The fraction of sp³-hybridized carbons (Fsp3) is 0.167. The van der Waals surface area contributed by atoms with E-state index in [9.17, 15) is 4.79 Å². The van der Waals surface area contributed by atoms with Crippen LogP contribution in [0.5, 0.6) is 0 Å². The molecule has 2 rings (SSSR count). The number of urea groups is 1. The molecule has 2 amide bonds. The Morgan fingerprint density at radius 1 is 0.952 bits per heavy atom. The molecule has 0 spiro atoms. The van der Waals surface area contributed by atoms with E-state index in [-0.39, 0.29) is 6.03 Å². The van der Waals surface area contributed by atoms with Crippen molar-refractivity contribution < 1.29 is 4.79 Å². The van der Waals surface area contributed by atoms with Crippen LogP contribution in [0.3, 0.4) is 0 Å². The maximum atomic E-state index is 11.9. The first-order valence-electron chi connectivity index (χ1n) is 6.94. The molecular formula is C18H20N2O. The van der Waals surface area contributed by atoms with Gasteiger partial charge in [-0.1, -0.05) is 36.4 Å². The van der Waals surface area contributed by atoms with E-state index < -0.39 is 0 Å². The fourth-order valence-electron chi connectivity index (χ4n) is 2.03. The predicted octanol–water partition coefficient (Wildman–Crippen LogP) is 4.40. The summed E-state index contributed by atoms with van der Waals surface area (Å²) in [4.78, 5) is 11.9. The van der Waals surface area contributed by atoms with E-state index in [1.54, 1.807) is 6.20 Å². The Bertz CT molecular complexity index is 675. The van der Waals surface area contributed by atoms with Crippen LogP contribution in [0.15, 0.2) is 48.7 Å². The summed E-state index contributed by atoms with van der Waals surface area (Å²) in [6.07, 6.45) is 3.54. The van der Waals surface area contributed by atoms with E-state index in [4.69, 9.17) is 0 Å². The van der Waals surface area contributed by atoms with Gasteiger partial charge in [0.15, 0.2) is 0 Å². The molecule has 2 N–H and O–H groups in total. The summed E-state index contributed by atoms with van der Waals surface area (Å²) in [5.41, 5.74) is 5.32. The largest absolute Gasteiger partial charge is 0.323 e. The number of nitrogens with one attached hydrogen (secondary N) is 2. The molecule has 0 saturated heterocycles. The summed E-state index contributed by atoms with van der Waals surface area (Å²) in [7, 11) is 0. The zero-order valence-electron chi connectivity index (χ0n) is 12.6. The topological polar surface area (TPSA) is 41.1 Å². The van der Waals surface area contributed by atoms with Gasteiger partial charge >= 0.3 is 6.03 Å². The third-order valence-corrected chi connectivity index (χ3v) is 3.52. The summed E-state index contributed by atoms with van der Waals surface area (Å²) >= 11 is 0. The van der Waals surface area contributed by atoms with Gasteiger partial charge in [0.25, 0.3) is 0 Å². The summed E-state index contributed by atoms with van der Waals surface area (Å²) in [5, 5.41) is 5.57. The Kier molecular flexibility index (Phi) is 4.77. The number of hydrogen-bond donors (Lipinski definition) is 2. The molecule has 21 heavy (non-hydrogen) atoms. The number of carbonyl (C=O) groups is 1. The Hall–Kier alpha value is -2.55. The van der Waals surface area contributed by atoms with Crippen molar-refractivity contribution >= 4 is 17.8 Å². The molecule has 0 unspecified atom stereocenters. The fourth-order valence-corrected chi connectivity index (χ4v) is 2.03. The molecule has 0 aliphatic heterocycles.